The Bertz CT molecular complexity index is 11.6. The van der Waals surface area contributed by atoms with Crippen LogP contribution in [0.1, 0.15) is 0 Å². The van der Waals surface area contributed by atoms with Gasteiger partial charge in [-0.3, -0.25) is 0 Å². The average Bonchev–Trinajstić information content (AvgIpc) is 0. The molecule has 2 radical (unpaired) electrons. The van der Waals surface area contributed by atoms with Gasteiger partial charge < -0.3 is 5.48 Å². The molecule has 0 aromatic rings. The van der Waals surface area contributed by atoms with E-state index in [9.17, 15) is 0 Å². The van der Waals surface area contributed by atoms with Crippen molar-refractivity contribution in [3.05, 3.63) is 0 Å². The first-order chi connectivity index (χ1) is 0. The minimum absolute atomic E-state index is 0. The second kappa shape index (κ2) is 32.4. The molecule has 0 spiro atoms. The van der Waals surface area contributed by atoms with Gasteiger partial charge in [0.1, 0.15) is 0 Å². The summed E-state index contributed by atoms with van der Waals surface area (Å²) in [5, 5.41) is 0. The van der Waals surface area contributed by atoms with Crippen molar-refractivity contribution < 1.29 is 59.4 Å². The Kier molecular flexibility index (Phi) is 341. The number of hydrogen-bond acceptors (Lipinski definition) is 0. The van der Waals surface area contributed by atoms with Gasteiger partial charge in [-0.2, -0.15) is 0 Å². The normalized spacial score (nSPS) is 0. The molecule has 0 heterocycles. The van der Waals surface area contributed by atoms with Crippen LogP contribution < -0.4 is 0 Å². The van der Waals surface area contributed by atoms with Crippen molar-refractivity contribution >= 4 is 23.1 Å². The molecule has 0 aliphatic carbocycles. The first-order valence-electron chi connectivity index (χ1n) is 0. The van der Waals surface area contributed by atoms with Gasteiger partial charge in [0.2, 0.25) is 0 Å². The van der Waals surface area contributed by atoms with E-state index in [1.807, 2.05) is 0 Å². The SMILES string of the molecule is [Cr+3].[Cu+2].[Mg+2].[O-2].[Zn+2]. The van der Waals surface area contributed by atoms with Gasteiger partial charge in [0.15, 0.2) is 0 Å². The molecule has 0 fully saturated rings. The third-order valence-electron chi connectivity index (χ3n) is 0. The molecular weight excluding hydrogens is 221 g/mol. The maximum atomic E-state index is 0. The van der Waals surface area contributed by atoms with E-state index >= 15 is 0 Å². The Labute approximate surface area is 81.5 Å². The van der Waals surface area contributed by atoms with Crippen LogP contribution in [0, 0.1) is 0 Å². The fraction of sp³-hybridized carbons (Fsp3) is 0. The molecule has 0 atom stereocenters. The van der Waals surface area contributed by atoms with Crippen molar-refractivity contribution in [3.8, 4) is 0 Å². The van der Waals surface area contributed by atoms with E-state index in [1.165, 1.54) is 0 Å². The zero-order valence-electron chi connectivity index (χ0n) is 2.53. The molecule has 0 aromatic carbocycles. The van der Waals surface area contributed by atoms with E-state index in [1.54, 1.807) is 0 Å². The van der Waals surface area contributed by atoms with Crippen molar-refractivity contribution in [2.45, 2.75) is 0 Å². The van der Waals surface area contributed by atoms with E-state index in [-0.39, 0.29) is 82.4 Å². The van der Waals surface area contributed by atoms with Crippen LogP contribution in [-0.2, 0) is 59.4 Å². The van der Waals surface area contributed by atoms with Crippen LogP contribution in [0.2, 0.25) is 0 Å². The van der Waals surface area contributed by atoms with E-state index in [0.29, 0.717) is 0 Å². The van der Waals surface area contributed by atoms with Gasteiger partial charge in [0.05, 0.1) is 0 Å². The summed E-state index contributed by atoms with van der Waals surface area (Å²) in [6.45, 7) is 0. The number of rotatable bonds is 0. The molecule has 0 unspecified atom stereocenters. The molecule has 1 nitrogen and oxygen atoms in total. The Morgan fingerprint density at radius 3 is 1.00 bits per heavy atom. The van der Waals surface area contributed by atoms with Crippen LogP contribution in [0.15, 0.2) is 0 Å². The Balaban J connectivity index is 0. The molecule has 0 saturated carbocycles. The van der Waals surface area contributed by atoms with E-state index < -0.39 is 0 Å². The molecule has 0 bridgehead atoms. The molecule has 0 amide bonds. The first kappa shape index (κ1) is 52.6. The predicted octanol–water partition coefficient (Wildman–Crippen LogP) is -0.507. The van der Waals surface area contributed by atoms with Crippen LogP contribution in [0.25, 0.3) is 0 Å². The molecular formula is CrCuMgOZn+7. The Morgan fingerprint density at radius 1 is 1.00 bits per heavy atom. The van der Waals surface area contributed by atoms with Crippen LogP contribution >= 0.6 is 0 Å². The molecule has 0 N–H and O–H groups in total. The van der Waals surface area contributed by atoms with E-state index in [4.69, 9.17) is 0 Å². The second-order valence-electron chi connectivity index (χ2n) is 0. The summed E-state index contributed by atoms with van der Waals surface area (Å²) < 4.78 is 0. The van der Waals surface area contributed by atoms with Gasteiger partial charge in [-0.05, 0) is 0 Å². The summed E-state index contributed by atoms with van der Waals surface area (Å²) in [5.74, 6) is 0. The maximum Gasteiger partial charge on any atom is 3.00 e. The van der Waals surface area contributed by atoms with Crippen LogP contribution in [0.4, 0.5) is 0 Å². The zero-order chi connectivity index (χ0) is 0. The van der Waals surface area contributed by atoms with Crippen molar-refractivity contribution in [3.63, 3.8) is 0 Å². The summed E-state index contributed by atoms with van der Waals surface area (Å²) >= 11 is 0. The van der Waals surface area contributed by atoms with Gasteiger partial charge in [-0.1, -0.05) is 0 Å². The summed E-state index contributed by atoms with van der Waals surface area (Å²) in [5.41, 5.74) is 0. The Morgan fingerprint density at radius 2 is 1.00 bits per heavy atom. The topological polar surface area (TPSA) is 28.5 Å². The summed E-state index contributed by atoms with van der Waals surface area (Å²) in [6, 6.07) is 0. The summed E-state index contributed by atoms with van der Waals surface area (Å²) in [6.07, 6.45) is 0. The summed E-state index contributed by atoms with van der Waals surface area (Å²) in [7, 11) is 0. The van der Waals surface area contributed by atoms with E-state index in [2.05, 4.69) is 0 Å². The van der Waals surface area contributed by atoms with Crippen LogP contribution in [0.3, 0.4) is 0 Å². The average molecular weight is 221 g/mol. The molecule has 5 heavy (non-hydrogen) atoms. The molecule has 0 rings (SSSR count). The molecule has 0 saturated heterocycles. The summed E-state index contributed by atoms with van der Waals surface area (Å²) in [4.78, 5) is 0. The Hall–Kier alpha value is 2.40. The monoisotopic (exact) mass is 219 g/mol. The molecule has 0 aliphatic heterocycles. The second-order valence-corrected chi connectivity index (χ2v) is 0. The van der Waals surface area contributed by atoms with Gasteiger partial charge in [0, 0.05) is 0 Å². The van der Waals surface area contributed by atoms with Gasteiger partial charge in [0.25, 0.3) is 0 Å². The quantitative estimate of drug-likeness (QED) is 0.493. The van der Waals surface area contributed by atoms with Crippen molar-refractivity contribution in [1.82, 2.24) is 0 Å². The standard InChI is InChI=1S/Cr.Cu.Mg.O.Zn/q+3;2*+2;-2;+2. The zero-order valence-corrected chi connectivity index (χ0v) is 9.13. The fourth-order valence-electron chi connectivity index (χ4n) is 0. The maximum absolute atomic E-state index is 0. The molecule has 20 valence electrons. The number of hydrogen-bond donors (Lipinski definition) is 0. The minimum atomic E-state index is 0. The third-order valence-corrected chi connectivity index (χ3v) is 0. The molecule has 0 aliphatic rings. The van der Waals surface area contributed by atoms with E-state index in [0.717, 1.165) is 0 Å². The first-order valence-corrected chi connectivity index (χ1v) is 0. The largest absolute Gasteiger partial charge is 3.00 e. The van der Waals surface area contributed by atoms with Crippen LogP contribution in [0.5, 0.6) is 0 Å². The smallest absolute Gasteiger partial charge is 2.00 e. The van der Waals surface area contributed by atoms with Crippen LogP contribution in [-0.4, -0.2) is 23.1 Å². The molecule has 5 heteroatoms. The third kappa shape index (κ3) is 21.5. The predicted molar refractivity (Wildman–Crippen MR) is 6.44 cm³/mol. The van der Waals surface area contributed by atoms with Gasteiger partial charge in [-0.15, -0.1) is 0 Å². The van der Waals surface area contributed by atoms with Crippen molar-refractivity contribution in [2.75, 3.05) is 0 Å². The van der Waals surface area contributed by atoms with Gasteiger partial charge in [-0.25, -0.2) is 0 Å². The molecule has 0 aromatic heterocycles. The minimum Gasteiger partial charge on any atom is -2.00 e. The van der Waals surface area contributed by atoms with Gasteiger partial charge >= 0.3 is 77.0 Å². The van der Waals surface area contributed by atoms with Crippen molar-refractivity contribution in [2.24, 2.45) is 0 Å². The fourth-order valence-corrected chi connectivity index (χ4v) is 0. The van der Waals surface area contributed by atoms with Crippen molar-refractivity contribution in [1.29, 1.82) is 0 Å².